The van der Waals surface area contributed by atoms with Crippen molar-refractivity contribution in [2.45, 2.75) is 11.8 Å². The third-order valence-corrected chi connectivity index (χ3v) is 3.68. The highest BCUT2D eigenvalue weighted by atomic mass is 32.2. The molecule has 2 rings (SSSR count). The van der Waals surface area contributed by atoms with Gasteiger partial charge in [-0.25, -0.2) is 0 Å². The van der Waals surface area contributed by atoms with E-state index in [-0.39, 0.29) is 22.0 Å². The standard InChI is InChI=1S/C15H14O5S/c1-2-20-14-9-8-12(21(17,18)19)10-13(14)15(16)11-6-4-3-5-7-11/h3-10H,2H2,1H3,(H,17,18,19). The van der Waals surface area contributed by atoms with Crippen molar-refractivity contribution in [3.05, 3.63) is 59.7 Å². The molecule has 2 aromatic rings. The van der Waals surface area contributed by atoms with E-state index in [0.717, 1.165) is 6.07 Å². The summed E-state index contributed by atoms with van der Waals surface area (Å²) in [5.41, 5.74) is 0.504. The summed E-state index contributed by atoms with van der Waals surface area (Å²) >= 11 is 0. The predicted molar refractivity (Wildman–Crippen MR) is 77.3 cm³/mol. The molecule has 0 saturated heterocycles. The molecule has 0 aliphatic heterocycles. The number of hydrogen-bond donors (Lipinski definition) is 1. The topological polar surface area (TPSA) is 80.7 Å². The van der Waals surface area contributed by atoms with Crippen LogP contribution in [0, 0.1) is 0 Å². The first-order chi connectivity index (χ1) is 9.93. The second-order valence-electron chi connectivity index (χ2n) is 4.26. The lowest BCUT2D eigenvalue weighted by molar-refractivity contribution is 0.103. The van der Waals surface area contributed by atoms with E-state index in [0.29, 0.717) is 12.2 Å². The first-order valence-corrected chi connectivity index (χ1v) is 7.71. The van der Waals surface area contributed by atoms with E-state index in [1.807, 2.05) is 0 Å². The van der Waals surface area contributed by atoms with E-state index in [4.69, 9.17) is 9.29 Å². The maximum absolute atomic E-state index is 12.5. The summed E-state index contributed by atoms with van der Waals surface area (Å²) in [6.07, 6.45) is 0. The maximum Gasteiger partial charge on any atom is 0.294 e. The lowest BCUT2D eigenvalue weighted by Gasteiger charge is -2.10. The number of ether oxygens (including phenoxy) is 1. The molecule has 0 saturated carbocycles. The van der Waals surface area contributed by atoms with Gasteiger partial charge in [0, 0.05) is 5.56 Å². The van der Waals surface area contributed by atoms with E-state index in [9.17, 15) is 13.2 Å². The van der Waals surface area contributed by atoms with Gasteiger partial charge in [-0.15, -0.1) is 0 Å². The van der Waals surface area contributed by atoms with Gasteiger partial charge < -0.3 is 4.74 Å². The van der Waals surface area contributed by atoms with Gasteiger partial charge in [-0.2, -0.15) is 8.42 Å². The van der Waals surface area contributed by atoms with Gasteiger partial charge in [0.15, 0.2) is 5.78 Å². The first kappa shape index (κ1) is 15.2. The zero-order chi connectivity index (χ0) is 15.5. The highest BCUT2D eigenvalue weighted by molar-refractivity contribution is 7.85. The predicted octanol–water partition coefficient (Wildman–Crippen LogP) is 2.56. The van der Waals surface area contributed by atoms with Crippen molar-refractivity contribution >= 4 is 15.9 Å². The molecule has 0 bridgehead atoms. The van der Waals surface area contributed by atoms with Gasteiger partial charge in [-0.05, 0) is 25.1 Å². The van der Waals surface area contributed by atoms with Gasteiger partial charge in [-0.3, -0.25) is 9.35 Å². The monoisotopic (exact) mass is 306 g/mol. The molecule has 0 aliphatic carbocycles. The number of rotatable bonds is 5. The average molecular weight is 306 g/mol. The van der Waals surface area contributed by atoms with Crippen molar-refractivity contribution in [1.29, 1.82) is 0 Å². The summed E-state index contributed by atoms with van der Waals surface area (Å²) in [5.74, 6) is -0.0942. The maximum atomic E-state index is 12.5. The molecule has 6 heteroatoms. The van der Waals surface area contributed by atoms with E-state index < -0.39 is 10.1 Å². The second kappa shape index (κ2) is 6.07. The van der Waals surface area contributed by atoms with Crippen LogP contribution in [0.2, 0.25) is 0 Å². The quantitative estimate of drug-likeness (QED) is 0.678. The van der Waals surface area contributed by atoms with Gasteiger partial charge in [0.05, 0.1) is 17.1 Å². The highest BCUT2D eigenvalue weighted by Crippen LogP contribution is 2.25. The van der Waals surface area contributed by atoms with Gasteiger partial charge in [0.1, 0.15) is 5.75 Å². The summed E-state index contributed by atoms with van der Waals surface area (Å²) in [5, 5.41) is 0. The molecule has 5 nitrogen and oxygen atoms in total. The van der Waals surface area contributed by atoms with Crippen molar-refractivity contribution in [3.63, 3.8) is 0 Å². The number of benzene rings is 2. The summed E-state index contributed by atoms with van der Waals surface area (Å²) in [4.78, 5) is 12.1. The Kier molecular flexibility index (Phi) is 4.40. The smallest absolute Gasteiger partial charge is 0.294 e. The summed E-state index contributed by atoms with van der Waals surface area (Å²) in [6, 6.07) is 12.1. The molecule has 110 valence electrons. The highest BCUT2D eigenvalue weighted by Gasteiger charge is 2.19. The Morgan fingerprint density at radius 2 is 1.81 bits per heavy atom. The lowest BCUT2D eigenvalue weighted by Crippen LogP contribution is -2.08. The Balaban J connectivity index is 2.56. The molecule has 0 aliphatic rings. The van der Waals surface area contributed by atoms with Gasteiger partial charge in [-0.1, -0.05) is 30.3 Å². The molecule has 1 N–H and O–H groups in total. The molecule has 0 radical (unpaired) electrons. The van der Waals surface area contributed by atoms with E-state index >= 15 is 0 Å². The number of ketones is 1. The summed E-state index contributed by atoms with van der Waals surface area (Å²) in [6.45, 7) is 2.09. The van der Waals surface area contributed by atoms with Gasteiger partial charge in [0.2, 0.25) is 0 Å². The average Bonchev–Trinajstić information content (AvgIpc) is 2.47. The van der Waals surface area contributed by atoms with Crippen molar-refractivity contribution in [2.24, 2.45) is 0 Å². The van der Waals surface area contributed by atoms with Crippen molar-refractivity contribution < 1.29 is 22.5 Å². The molecule has 0 unspecified atom stereocenters. The summed E-state index contributed by atoms with van der Waals surface area (Å²) in [7, 11) is -4.38. The van der Waals surface area contributed by atoms with E-state index in [1.165, 1.54) is 12.1 Å². The molecule has 0 atom stereocenters. The van der Waals surface area contributed by atoms with Crippen molar-refractivity contribution in [3.8, 4) is 5.75 Å². The number of hydrogen-bond acceptors (Lipinski definition) is 4. The minimum absolute atomic E-state index is 0.0955. The molecule has 0 spiro atoms. The Bertz CT molecular complexity index is 751. The molecular formula is C15H14O5S. The Morgan fingerprint density at radius 1 is 1.14 bits per heavy atom. The van der Waals surface area contributed by atoms with Crippen LogP contribution < -0.4 is 4.74 Å². The minimum atomic E-state index is -4.38. The summed E-state index contributed by atoms with van der Waals surface area (Å²) < 4.78 is 36.9. The van der Waals surface area contributed by atoms with Crippen LogP contribution >= 0.6 is 0 Å². The zero-order valence-electron chi connectivity index (χ0n) is 11.3. The lowest BCUT2D eigenvalue weighted by atomic mass is 10.0. The van der Waals surface area contributed by atoms with Crippen LogP contribution in [0.1, 0.15) is 22.8 Å². The fraction of sp³-hybridized carbons (Fsp3) is 0.133. The largest absolute Gasteiger partial charge is 0.493 e. The van der Waals surface area contributed by atoms with Crippen LogP contribution in [-0.4, -0.2) is 25.4 Å². The third kappa shape index (κ3) is 3.48. The first-order valence-electron chi connectivity index (χ1n) is 6.27. The van der Waals surface area contributed by atoms with Crippen LogP contribution in [0.3, 0.4) is 0 Å². The third-order valence-electron chi connectivity index (χ3n) is 2.83. The molecule has 21 heavy (non-hydrogen) atoms. The second-order valence-corrected chi connectivity index (χ2v) is 5.68. The SMILES string of the molecule is CCOc1ccc(S(=O)(=O)O)cc1C(=O)c1ccccc1. The Hall–Kier alpha value is -2.18. The number of carbonyl (C=O) groups is 1. The fourth-order valence-electron chi connectivity index (χ4n) is 1.87. The minimum Gasteiger partial charge on any atom is -0.493 e. The molecule has 0 fully saturated rings. The van der Waals surface area contributed by atoms with Crippen LogP contribution in [0.4, 0.5) is 0 Å². The van der Waals surface area contributed by atoms with Crippen LogP contribution in [0.15, 0.2) is 53.4 Å². The van der Waals surface area contributed by atoms with Crippen LogP contribution in [0.25, 0.3) is 0 Å². The Labute approximate surface area is 122 Å². The van der Waals surface area contributed by atoms with Crippen LogP contribution in [-0.2, 0) is 10.1 Å². The zero-order valence-corrected chi connectivity index (χ0v) is 12.1. The Morgan fingerprint density at radius 3 is 2.38 bits per heavy atom. The van der Waals surface area contributed by atoms with E-state index in [1.54, 1.807) is 37.3 Å². The van der Waals surface area contributed by atoms with Gasteiger partial charge >= 0.3 is 0 Å². The van der Waals surface area contributed by atoms with E-state index in [2.05, 4.69) is 0 Å². The molecule has 2 aromatic carbocycles. The number of carbonyl (C=O) groups excluding carboxylic acids is 1. The fourth-order valence-corrected chi connectivity index (χ4v) is 2.38. The molecule has 0 aromatic heterocycles. The normalized spacial score (nSPS) is 11.1. The molecule has 0 heterocycles. The van der Waals surface area contributed by atoms with Crippen LogP contribution in [0.5, 0.6) is 5.75 Å². The van der Waals surface area contributed by atoms with Crippen molar-refractivity contribution in [2.75, 3.05) is 6.61 Å². The molecular weight excluding hydrogens is 292 g/mol. The van der Waals surface area contributed by atoms with Gasteiger partial charge in [0.25, 0.3) is 10.1 Å². The molecule has 0 amide bonds. The van der Waals surface area contributed by atoms with Crippen molar-refractivity contribution in [1.82, 2.24) is 0 Å².